The summed E-state index contributed by atoms with van der Waals surface area (Å²) in [6, 6.07) is 16.5. The average molecular weight is 338 g/mol. The number of furan rings is 1. The maximum absolute atomic E-state index is 12.9. The summed E-state index contributed by atoms with van der Waals surface area (Å²) >= 11 is 0. The van der Waals surface area contributed by atoms with E-state index >= 15 is 0 Å². The Morgan fingerprint density at radius 1 is 1.04 bits per heavy atom. The van der Waals surface area contributed by atoms with Crippen LogP contribution < -0.4 is 4.74 Å². The van der Waals surface area contributed by atoms with E-state index in [0.29, 0.717) is 18.1 Å². The van der Waals surface area contributed by atoms with Gasteiger partial charge in [0, 0.05) is 5.56 Å². The van der Waals surface area contributed by atoms with Crippen molar-refractivity contribution in [3.05, 3.63) is 89.1 Å². The molecule has 0 aliphatic heterocycles. The van der Waals surface area contributed by atoms with Gasteiger partial charge in [-0.05, 0) is 48.0 Å². The van der Waals surface area contributed by atoms with Crippen LogP contribution in [-0.4, -0.2) is 11.1 Å². The lowest BCUT2D eigenvalue weighted by atomic mass is 10.1. The van der Waals surface area contributed by atoms with Gasteiger partial charge in [-0.3, -0.25) is 0 Å². The fourth-order valence-corrected chi connectivity index (χ4v) is 2.22. The molecule has 0 radical (unpaired) electrons. The van der Waals surface area contributed by atoms with Gasteiger partial charge < -0.3 is 14.3 Å². The van der Waals surface area contributed by atoms with Gasteiger partial charge in [-0.1, -0.05) is 30.3 Å². The average Bonchev–Trinajstić information content (AvgIpc) is 3.09. The highest BCUT2D eigenvalue weighted by atomic mass is 19.1. The first-order chi connectivity index (χ1) is 12.1. The fraction of sp³-hybridized carbons (Fsp3) is 0.0500. The van der Waals surface area contributed by atoms with Crippen LogP contribution in [0.2, 0.25) is 0 Å². The zero-order valence-electron chi connectivity index (χ0n) is 13.2. The summed E-state index contributed by atoms with van der Waals surface area (Å²) in [6.07, 6.45) is 3.46. The van der Waals surface area contributed by atoms with E-state index in [4.69, 9.17) is 14.3 Å². The van der Waals surface area contributed by atoms with Crippen molar-refractivity contribution in [1.82, 2.24) is 0 Å². The number of hydrogen-bond acceptors (Lipinski definition) is 3. The zero-order chi connectivity index (χ0) is 17.6. The number of carboxylic acid groups (broad SMARTS) is 1. The number of aromatic carboxylic acids is 1. The molecule has 0 unspecified atom stereocenters. The van der Waals surface area contributed by atoms with Crippen LogP contribution in [0.1, 0.15) is 27.4 Å². The van der Waals surface area contributed by atoms with E-state index in [0.717, 1.165) is 11.1 Å². The normalized spacial score (nSPS) is 10.9. The van der Waals surface area contributed by atoms with Crippen LogP contribution >= 0.6 is 0 Å². The van der Waals surface area contributed by atoms with E-state index < -0.39 is 5.97 Å². The highest BCUT2D eigenvalue weighted by Gasteiger charge is 2.07. The zero-order valence-corrected chi connectivity index (χ0v) is 13.2. The van der Waals surface area contributed by atoms with E-state index in [-0.39, 0.29) is 11.6 Å². The van der Waals surface area contributed by atoms with Crippen molar-refractivity contribution in [2.75, 3.05) is 0 Å². The molecule has 0 saturated carbocycles. The number of halogens is 1. The number of rotatable bonds is 6. The van der Waals surface area contributed by atoms with E-state index in [1.54, 1.807) is 30.4 Å². The largest absolute Gasteiger partial charge is 0.488 e. The minimum absolute atomic E-state index is 0.111. The number of carbonyl (C=O) groups is 1. The molecule has 0 atom stereocenters. The SMILES string of the molecule is O=C(O)c1ccc(C=Cc2ccccc2OCc2ccc(F)cc2)o1. The van der Waals surface area contributed by atoms with Crippen molar-refractivity contribution in [2.45, 2.75) is 6.61 Å². The molecule has 4 nitrogen and oxygen atoms in total. The van der Waals surface area contributed by atoms with E-state index in [9.17, 15) is 9.18 Å². The lowest BCUT2D eigenvalue weighted by Crippen LogP contribution is -1.96. The second-order valence-corrected chi connectivity index (χ2v) is 5.29. The minimum Gasteiger partial charge on any atom is -0.488 e. The van der Waals surface area contributed by atoms with Crippen molar-refractivity contribution in [1.29, 1.82) is 0 Å². The van der Waals surface area contributed by atoms with Crippen LogP contribution in [-0.2, 0) is 6.61 Å². The summed E-state index contributed by atoms with van der Waals surface area (Å²) in [7, 11) is 0. The lowest BCUT2D eigenvalue weighted by Gasteiger charge is -2.09. The van der Waals surface area contributed by atoms with Gasteiger partial charge >= 0.3 is 5.97 Å². The van der Waals surface area contributed by atoms with Gasteiger partial charge in [-0.25, -0.2) is 9.18 Å². The van der Waals surface area contributed by atoms with Crippen LogP contribution in [0.4, 0.5) is 4.39 Å². The number of ether oxygens (including phenoxy) is 1. The third kappa shape index (κ3) is 4.35. The Morgan fingerprint density at radius 2 is 1.80 bits per heavy atom. The maximum atomic E-state index is 12.9. The Labute approximate surface area is 143 Å². The molecule has 5 heteroatoms. The third-order valence-electron chi connectivity index (χ3n) is 3.49. The quantitative estimate of drug-likeness (QED) is 0.697. The van der Waals surface area contributed by atoms with Crippen molar-refractivity contribution in [2.24, 2.45) is 0 Å². The molecule has 0 bridgehead atoms. The monoisotopic (exact) mass is 338 g/mol. The van der Waals surface area contributed by atoms with Crippen LogP contribution in [0.5, 0.6) is 5.75 Å². The highest BCUT2D eigenvalue weighted by Crippen LogP contribution is 2.22. The molecule has 1 N–H and O–H groups in total. The van der Waals surface area contributed by atoms with E-state index in [1.807, 2.05) is 24.3 Å². The number of carboxylic acids is 1. The van der Waals surface area contributed by atoms with E-state index in [2.05, 4.69) is 0 Å². The molecular weight excluding hydrogens is 323 g/mol. The summed E-state index contributed by atoms with van der Waals surface area (Å²) in [6.45, 7) is 0.315. The molecule has 0 spiro atoms. The van der Waals surface area contributed by atoms with Gasteiger partial charge in [0.2, 0.25) is 5.76 Å². The lowest BCUT2D eigenvalue weighted by molar-refractivity contribution is 0.0662. The maximum Gasteiger partial charge on any atom is 0.371 e. The Balaban J connectivity index is 1.72. The Kier molecular flexibility index (Phi) is 4.95. The molecule has 0 fully saturated rings. The summed E-state index contributed by atoms with van der Waals surface area (Å²) in [5.41, 5.74) is 1.68. The first-order valence-corrected chi connectivity index (χ1v) is 7.59. The molecular formula is C20H15FO4. The van der Waals surface area contributed by atoms with Crippen molar-refractivity contribution in [3.63, 3.8) is 0 Å². The molecule has 126 valence electrons. The number of para-hydroxylation sites is 1. The van der Waals surface area contributed by atoms with Crippen LogP contribution in [0.15, 0.2) is 65.1 Å². The fourth-order valence-electron chi connectivity index (χ4n) is 2.22. The van der Waals surface area contributed by atoms with Crippen molar-refractivity contribution >= 4 is 18.1 Å². The summed E-state index contributed by atoms with van der Waals surface area (Å²) in [4.78, 5) is 10.8. The highest BCUT2D eigenvalue weighted by molar-refractivity contribution is 5.85. The predicted molar refractivity (Wildman–Crippen MR) is 91.8 cm³/mol. The summed E-state index contributed by atoms with van der Waals surface area (Å²) in [5.74, 6) is -0.409. The van der Waals surface area contributed by atoms with E-state index in [1.165, 1.54) is 18.2 Å². The Hall–Kier alpha value is -3.34. The minimum atomic E-state index is -1.11. The van der Waals surface area contributed by atoms with Gasteiger partial charge in [0.25, 0.3) is 0 Å². The topological polar surface area (TPSA) is 59.7 Å². The Morgan fingerprint density at radius 3 is 2.52 bits per heavy atom. The molecule has 25 heavy (non-hydrogen) atoms. The standard InChI is InChI=1S/C20H15FO4/c21-16-8-5-14(6-9-16)13-24-18-4-2-1-3-15(18)7-10-17-11-12-19(25-17)20(22)23/h1-12H,13H2,(H,22,23). The molecule has 0 aliphatic carbocycles. The second-order valence-electron chi connectivity index (χ2n) is 5.29. The van der Waals surface area contributed by atoms with Gasteiger partial charge in [0.1, 0.15) is 23.9 Å². The predicted octanol–water partition coefficient (Wildman–Crippen LogP) is 4.87. The third-order valence-corrected chi connectivity index (χ3v) is 3.49. The smallest absolute Gasteiger partial charge is 0.371 e. The Bertz CT molecular complexity index is 894. The molecule has 3 rings (SSSR count). The summed E-state index contributed by atoms with van der Waals surface area (Å²) in [5, 5.41) is 8.86. The molecule has 1 aromatic heterocycles. The van der Waals surface area contributed by atoms with Gasteiger partial charge in [-0.2, -0.15) is 0 Å². The van der Waals surface area contributed by atoms with Gasteiger partial charge in [0.15, 0.2) is 0 Å². The molecule has 0 saturated heterocycles. The molecule has 0 amide bonds. The van der Waals surface area contributed by atoms with Gasteiger partial charge in [0.05, 0.1) is 0 Å². The molecule has 3 aromatic rings. The van der Waals surface area contributed by atoms with Crippen LogP contribution in [0.25, 0.3) is 12.2 Å². The van der Waals surface area contributed by atoms with Crippen LogP contribution in [0.3, 0.4) is 0 Å². The number of hydrogen-bond donors (Lipinski definition) is 1. The molecule has 0 aliphatic rings. The van der Waals surface area contributed by atoms with Gasteiger partial charge in [-0.15, -0.1) is 0 Å². The first-order valence-electron chi connectivity index (χ1n) is 7.59. The summed E-state index contributed by atoms with van der Waals surface area (Å²) < 4.78 is 23.9. The van der Waals surface area contributed by atoms with Crippen molar-refractivity contribution in [3.8, 4) is 5.75 Å². The second kappa shape index (κ2) is 7.49. The van der Waals surface area contributed by atoms with Crippen LogP contribution in [0, 0.1) is 5.82 Å². The van der Waals surface area contributed by atoms with Crippen molar-refractivity contribution < 1.29 is 23.4 Å². The molecule has 1 heterocycles. The first kappa shape index (κ1) is 16.5. The number of benzene rings is 2. The molecule has 2 aromatic carbocycles.